The van der Waals surface area contributed by atoms with Crippen LogP contribution in [0, 0.1) is 5.92 Å². The predicted molar refractivity (Wildman–Crippen MR) is 71.9 cm³/mol. The summed E-state index contributed by atoms with van der Waals surface area (Å²) in [5.41, 5.74) is 0. The van der Waals surface area contributed by atoms with Crippen molar-refractivity contribution in [2.75, 3.05) is 26.2 Å². The Morgan fingerprint density at radius 2 is 1.94 bits per heavy atom. The van der Waals surface area contributed by atoms with Crippen LogP contribution in [0.1, 0.15) is 19.8 Å². The Morgan fingerprint density at radius 3 is 2.61 bits per heavy atom. The molecule has 0 saturated carbocycles. The molecule has 0 bridgehead atoms. The van der Waals surface area contributed by atoms with Gasteiger partial charge in [0, 0.05) is 0 Å². The minimum atomic E-state index is -0.367. The molecular formula is C15H24NO2+. The minimum Gasteiger partial charge on any atom is -0.491 e. The van der Waals surface area contributed by atoms with Crippen molar-refractivity contribution in [1.82, 2.24) is 0 Å². The van der Waals surface area contributed by atoms with E-state index in [-0.39, 0.29) is 6.10 Å². The molecule has 1 aliphatic rings. The van der Waals surface area contributed by atoms with Crippen molar-refractivity contribution in [3.8, 4) is 5.75 Å². The van der Waals surface area contributed by atoms with E-state index < -0.39 is 0 Å². The van der Waals surface area contributed by atoms with Gasteiger partial charge in [-0.1, -0.05) is 25.1 Å². The predicted octanol–water partition coefficient (Wildman–Crippen LogP) is 0.741. The fraction of sp³-hybridized carbons (Fsp3) is 0.600. The Hall–Kier alpha value is -1.06. The van der Waals surface area contributed by atoms with Gasteiger partial charge in [0.05, 0.1) is 13.1 Å². The summed E-state index contributed by atoms with van der Waals surface area (Å²) in [6, 6.07) is 9.69. The van der Waals surface area contributed by atoms with Crippen LogP contribution in [0.15, 0.2) is 30.3 Å². The summed E-state index contributed by atoms with van der Waals surface area (Å²) in [5, 5.41) is 9.98. The van der Waals surface area contributed by atoms with E-state index >= 15 is 0 Å². The Labute approximate surface area is 109 Å². The van der Waals surface area contributed by atoms with Crippen LogP contribution in [0.25, 0.3) is 0 Å². The van der Waals surface area contributed by atoms with Crippen molar-refractivity contribution >= 4 is 0 Å². The lowest BCUT2D eigenvalue weighted by Crippen LogP contribution is -3.14. The molecule has 1 aliphatic heterocycles. The third kappa shape index (κ3) is 4.31. The highest BCUT2D eigenvalue weighted by atomic mass is 16.5. The van der Waals surface area contributed by atoms with Gasteiger partial charge in [-0.15, -0.1) is 0 Å². The molecule has 2 N–H and O–H groups in total. The Balaban J connectivity index is 1.67. The number of para-hydroxylation sites is 1. The number of piperidine rings is 1. The molecule has 0 spiro atoms. The summed E-state index contributed by atoms with van der Waals surface area (Å²) in [7, 11) is 0. The first-order valence-corrected chi connectivity index (χ1v) is 6.93. The van der Waals surface area contributed by atoms with Crippen molar-refractivity contribution < 1.29 is 14.7 Å². The van der Waals surface area contributed by atoms with E-state index in [2.05, 4.69) is 6.92 Å². The zero-order valence-electron chi connectivity index (χ0n) is 11.1. The number of aliphatic hydroxyl groups excluding tert-OH is 1. The fourth-order valence-corrected chi connectivity index (χ4v) is 2.48. The molecule has 1 saturated heterocycles. The SMILES string of the molecule is CC1CC[NH+](C[C@@H](O)COc2ccccc2)CC1. The number of hydrogen-bond donors (Lipinski definition) is 2. The van der Waals surface area contributed by atoms with Gasteiger partial charge in [-0.2, -0.15) is 0 Å². The maximum atomic E-state index is 9.98. The van der Waals surface area contributed by atoms with Crippen LogP contribution in [0.4, 0.5) is 0 Å². The molecule has 0 aromatic heterocycles. The van der Waals surface area contributed by atoms with Gasteiger partial charge in [-0.3, -0.25) is 0 Å². The van der Waals surface area contributed by atoms with Crippen molar-refractivity contribution in [3.63, 3.8) is 0 Å². The maximum Gasteiger partial charge on any atom is 0.137 e. The van der Waals surface area contributed by atoms with E-state index in [1.54, 1.807) is 0 Å². The highest BCUT2D eigenvalue weighted by Crippen LogP contribution is 2.09. The van der Waals surface area contributed by atoms with Crippen LogP contribution in [0.3, 0.4) is 0 Å². The molecular weight excluding hydrogens is 226 g/mol. The van der Waals surface area contributed by atoms with Crippen molar-refractivity contribution in [2.45, 2.75) is 25.9 Å². The van der Waals surface area contributed by atoms with Crippen LogP contribution in [-0.4, -0.2) is 37.5 Å². The molecule has 3 nitrogen and oxygen atoms in total. The van der Waals surface area contributed by atoms with Gasteiger partial charge in [-0.05, 0) is 30.9 Å². The standard InChI is InChI=1S/C15H23NO2/c1-13-7-9-16(10-8-13)11-14(17)12-18-15-5-3-2-4-6-15/h2-6,13-14,17H,7-12H2,1H3/p+1/t14-/m1/s1. The number of aliphatic hydroxyl groups is 1. The van der Waals surface area contributed by atoms with Gasteiger partial charge < -0.3 is 14.7 Å². The van der Waals surface area contributed by atoms with Crippen LogP contribution < -0.4 is 9.64 Å². The lowest BCUT2D eigenvalue weighted by Gasteiger charge is -2.28. The average Bonchev–Trinajstić information content (AvgIpc) is 2.40. The van der Waals surface area contributed by atoms with Gasteiger partial charge in [-0.25, -0.2) is 0 Å². The highest BCUT2D eigenvalue weighted by Gasteiger charge is 2.21. The first-order chi connectivity index (χ1) is 8.74. The second kappa shape index (κ2) is 6.76. The normalized spacial score (nSPS) is 25.7. The molecule has 0 unspecified atom stereocenters. The Bertz CT molecular complexity index is 334. The molecule has 0 amide bonds. The number of nitrogens with one attached hydrogen (secondary N) is 1. The lowest BCUT2D eigenvalue weighted by atomic mass is 9.99. The number of benzene rings is 1. The third-order valence-corrected chi connectivity index (χ3v) is 3.69. The molecule has 0 aliphatic carbocycles. The quantitative estimate of drug-likeness (QED) is 0.808. The number of hydrogen-bond acceptors (Lipinski definition) is 2. The van der Waals surface area contributed by atoms with E-state index in [0.717, 1.165) is 18.2 Å². The topological polar surface area (TPSA) is 33.9 Å². The maximum absolute atomic E-state index is 9.98. The number of rotatable bonds is 5. The van der Waals surface area contributed by atoms with Crippen molar-refractivity contribution in [3.05, 3.63) is 30.3 Å². The number of ether oxygens (including phenoxy) is 1. The monoisotopic (exact) mass is 250 g/mol. The van der Waals surface area contributed by atoms with E-state index in [4.69, 9.17) is 4.74 Å². The van der Waals surface area contributed by atoms with Crippen LogP contribution in [0.2, 0.25) is 0 Å². The Morgan fingerprint density at radius 1 is 1.28 bits per heavy atom. The molecule has 1 aromatic carbocycles. The van der Waals surface area contributed by atoms with Gasteiger partial charge >= 0.3 is 0 Å². The molecule has 3 heteroatoms. The first-order valence-electron chi connectivity index (χ1n) is 6.93. The third-order valence-electron chi connectivity index (χ3n) is 3.69. The molecule has 1 heterocycles. The highest BCUT2D eigenvalue weighted by molar-refractivity contribution is 5.20. The van der Waals surface area contributed by atoms with E-state index in [9.17, 15) is 5.11 Å². The van der Waals surface area contributed by atoms with E-state index in [0.29, 0.717) is 6.61 Å². The van der Waals surface area contributed by atoms with Crippen molar-refractivity contribution in [1.29, 1.82) is 0 Å². The fourth-order valence-electron chi connectivity index (χ4n) is 2.48. The number of quaternary nitrogens is 1. The summed E-state index contributed by atoms with van der Waals surface area (Å²) < 4.78 is 5.57. The summed E-state index contributed by atoms with van der Waals surface area (Å²) >= 11 is 0. The van der Waals surface area contributed by atoms with Gasteiger partial charge in [0.1, 0.15) is 25.0 Å². The molecule has 18 heavy (non-hydrogen) atoms. The van der Waals surface area contributed by atoms with Crippen LogP contribution in [0.5, 0.6) is 5.75 Å². The Kier molecular flexibility index (Phi) is 5.02. The second-order valence-corrected chi connectivity index (χ2v) is 5.41. The van der Waals surface area contributed by atoms with Gasteiger partial charge in [0.15, 0.2) is 0 Å². The molecule has 1 fully saturated rings. The van der Waals surface area contributed by atoms with Crippen LogP contribution >= 0.6 is 0 Å². The zero-order chi connectivity index (χ0) is 12.8. The van der Waals surface area contributed by atoms with Gasteiger partial charge in [0.25, 0.3) is 0 Å². The molecule has 1 aromatic rings. The molecule has 100 valence electrons. The van der Waals surface area contributed by atoms with Crippen LogP contribution in [-0.2, 0) is 0 Å². The smallest absolute Gasteiger partial charge is 0.137 e. The lowest BCUT2D eigenvalue weighted by molar-refractivity contribution is -0.909. The second-order valence-electron chi connectivity index (χ2n) is 5.41. The molecule has 2 rings (SSSR count). The van der Waals surface area contributed by atoms with Crippen molar-refractivity contribution in [2.24, 2.45) is 5.92 Å². The summed E-state index contributed by atoms with van der Waals surface area (Å²) in [6.45, 7) is 5.88. The number of likely N-dealkylation sites (tertiary alicyclic amines) is 1. The minimum absolute atomic E-state index is 0.367. The molecule has 1 atom stereocenters. The van der Waals surface area contributed by atoms with Gasteiger partial charge in [0.2, 0.25) is 0 Å². The van der Waals surface area contributed by atoms with E-state index in [1.165, 1.54) is 30.8 Å². The first kappa shape index (κ1) is 13.4. The zero-order valence-corrected chi connectivity index (χ0v) is 11.1. The summed E-state index contributed by atoms with van der Waals surface area (Å²) in [4.78, 5) is 1.51. The largest absolute Gasteiger partial charge is 0.491 e. The summed E-state index contributed by atoms with van der Waals surface area (Å²) in [6.07, 6.45) is 2.19. The average molecular weight is 250 g/mol. The van der Waals surface area contributed by atoms with E-state index in [1.807, 2.05) is 30.3 Å². The molecule has 0 radical (unpaired) electrons. The summed E-state index contributed by atoms with van der Waals surface area (Å²) in [5.74, 6) is 1.69.